The van der Waals surface area contributed by atoms with Gasteiger partial charge in [0.15, 0.2) is 0 Å². The maximum absolute atomic E-state index is 12.0. The van der Waals surface area contributed by atoms with E-state index in [-0.39, 0.29) is 12.5 Å². The zero-order valence-corrected chi connectivity index (χ0v) is 13.6. The lowest BCUT2D eigenvalue weighted by Gasteiger charge is -2.24. The molecule has 0 saturated carbocycles. The molecule has 0 aliphatic rings. The van der Waals surface area contributed by atoms with E-state index in [0.29, 0.717) is 6.61 Å². The molecule has 1 aromatic carbocycles. The molecule has 118 valence electrons. The van der Waals surface area contributed by atoms with Crippen LogP contribution in [0.25, 0.3) is 0 Å². The molecule has 1 aromatic heterocycles. The van der Waals surface area contributed by atoms with E-state index in [1.54, 1.807) is 13.8 Å². The van der Waals surface area contributed by atoms with E-state index in [9.17, 15) is 9.90 Å². The van der Waals surface area contributed by atoms with Crippen molar-refractivity contribution in [2.24, 2.45) is 0 Å². The van der Waals surface area contributed by atoms with Crippen LogP contribution in [0.1, 0.15) is 25.0 Å². The fraction of sp³-hybridized carbons (Fsp3) is 0.353. The van der Waals surface area contributed by atoms with Crippen LogP contribution in [-0.2, 0) is 21.7 Å². The molecule has 2 rings (SSSR count). The van der Waals surface area contributed by atoms with Crippen molar-refractivity contribution in [1.82, 2.24) is 5.32 Å². The maximum Gasteiger partial charge on any atom is 0.248 e. The van der Waals surface area contributed by atoms with Crippen LogP contribution in [0, 0.1) is 0 Å². The van der Waals surface area contributed by atoms with Crippen LogP contribution < -0.4 is 5.32 Å². The van der Waals surface area contributed by atoms with Gasteiger partial charge in [-0.1, -0.05) is 30.3 Å². The van der Waals surface area contributed by atoms with Crippen molar-refractivity contribution in [3.05, 3.63) is 58.3 Å². The Kier molecular flexibility index (Phi) is 5.71. The summed E-state index contributed by atoms with van der Waals surface area (Å²) in [6, 6.07) is 11.6. The van der Waals surface area contributed by atoms with Crippen LogP contribution in [0.3, 0.4) is 0 Å². The number of thiophene rings is 1. The number of benzene rings is 1. The van der Waals surface area contributed by atoms with Gasteiger partial charge in [0.25, 0.3) is 0 Å². The van der Waals surface area contributed by atoms with Crippen LogP contribution in [0.2, 0.25) is 0 Å². The van der Waals surface area contributed by atoms with E-state index >= 15 is 0 Å². The molecule has 1 amide bonds. The lowest BCUT2D eigenvalue weighted by atomic mass is 9.99. The first-order valence-electron chi connectivity index (χ1n) is 7.17. The molecule has 22 heavy (non-hydrogen) atoms. The van der Waals surface area contributed by atoms with Gasteiger partial charge < -0.3 is 15.2 Å². The van der Waals surface area contributed by atoms with E-state index in [4.69, 9.17) is 4.74 Å². The van der Waals surface area contributed by atoms with Gasteiger partial charge in [0, 0.05) is 0 Å². The first-order chi connectivity index (χ1) is 10.5. The average molecular weight is 319 g/mol. The average Bonchev–Trinajstić information content (AvgIpc) is 3.06. The molecule has 4 nitrogen and oxygen atoms in total. The topological polar surface area (TPSA) is 58.6 Å². The van der Waals surface area contributed by atoms with Crippen LogP contribution in [0.15, 0.2) is 47.2 Å². The Labute approximate surface area is 134 Å². The van der Waals surface area contributed by atoms with Gasteiger partial charge in [-0.3, -0.25) is 4.79 Å². The van der Waals surface area contributed by atoms with Crippen molar-refractivity contribution in [3.63, 3.8) is 0 Å². The van der Waals surface area contributed by atoms with E-state index in [1.807, 2.05) is 47.2 Å². The van der Waals surface area contributed by atoms with E-state index in [0.717, 1.165) is 11.1 Å². The normalized spacial score (nSPS) is 15.0. The van der Waals surface area contributed by atoms with Crippen molar-refractivity contribution in [1.29, 1.82) is 0 Å². The molecule has 2 N–H and O–H groups in total. The van der Waals surface area contributed by atoms with Crippen molar-refractivity contribution < 1.29 is 14.6 Å². The number of hydrogen-bond acceptors (Lipinski definition) is 4. The summed E-state index contributed by atoms with van der Waals surface area (Å²) in [6.45, 7) is 3.93. The Morgan fingerprint density at radius 2 is 2.09 bits per heavy atom. The largest absolute Gasteiger partial charge is 0.384 e. The van der Waals surface area contributed by atoms with Gasteiger partial charge in [-0.2, -0.15) is 11.3 Å². The summed E-state index contributed by atoms with van der Waals surface area (Å²) in [4.78, 5) is 12.0. The minimum Gasteiger partial charge on any atom is -0.384 e. The lowest BCUT2D eigenvalue weighted by Crippen LogP contribution is -2.42. The van der Waals surface area contributed by atoms with Gasteiger partial charge in [0.1, 0.15) is 11.7 Å². The minimum absolute atomic E-state index is 0.154. The highest BCUT2D eigenvalue weighted by atomic mass is 32.1. The van der Waals surface area contributed by atoms with Crippen molar-refractivity contribution in [2.45, 2.75) is 32.2 Å². The number of rotatable bonds is 7. The summed E-state index contributed by atoms with van der Waals surface area (Å²) >= 11 is 1.52. The summed E-state index contributed by atoms with van der Waals surface area (Å²) in [5, 5.41) is 16.9. The first kappa shape index (κ1) is 16.7. The van der Waals surface area contributed by atoms with Crippen LogP contribution in [-0.4, -0.2) is 23.7 Å². The molecule has 5 heteroatoms. The van der Waals surface area contributed by atoms with Gasteiger partial charge >= 0.3 is 0 Å². The number of amides is 1. The SMILES string of the molecule is CC(OCc1ccccc1)C(=O)NCC(C)(O)c1ccsc1. The Hall–Kier alpha value is -1.69. The Balaban J connectivity index is 1.79. The molecule has 0 fully saturated rings. The predicted octanol–water partition coefficient (Wildman–Crippen LogP) is 2.68. The summed E-state index contributed by atoms with van der Waals surface area (Å²) in [6.07, 6.45) is -0.571. The van der Waals surface area contributed by atoms with Crippen molar-refractivity contribution in [3.8, 4) is 0 Å². The lowest BCUT2D eigenvalue weighted by molar-refractivity contribution is -0.133. The molecule has 2 aromatic rings. The van der Waals surface area contributed by atoms with Crippen molar-refractivity contribution >= 4 is 17.2 Å². The number of hydrogen-bond donors (Lipinski definition) is 2. The highest BCUT2D eigenvalue weighted by Gasteiger charge is 2.25. The highest BCUT2D eigenvalue weighted by molar-refractivity contribution is 7.08. The third-order valence-electron chi connectivity index (χ3n) is 3.46. The fourth-order valence-corrected chi connectivity index (χ4v) is 2.73. The highest BCUT2D eigenvalue weighted by Crippen LogP contribution is 2.22. The van der Waals surface area contributed by atoms with Gasteiger partial charge in [0.2, 0.25) is 5.91 Å². The second-order valence-corrected chi connectivity index (χ2v) is 6.22. The molecule has 2 atom stereocenters. The Bertz CT molecular complexity index is 581. The molecule has 0 bridgehead atoms. The molecule has 0 saturated heterocycles. The molecule has 0 spiro atoms. The molecule has 2 unspecified atom stereocenters. The quantitative estimate of drug-likeness (QED) is 0.825. The molecular formula is C17H21NO3S. The second kappa shape index (κ2) is 7.54. The standard InChI is InChI=1S/C17H21NO3S/c1-13(21-10-14-6-4-3-5-7-14)16(19)18-12-17(2,20)15-8-9-22-11-15/h3-9,11,13,20H,10,12H2,1-2H3,(H,18,19). The second-order valence-electron chi connectivity index (χ2n) is 5.44. The van der Waals surface area contributed by atoms with Gasteiger partial charge in [-0.05, 0) is 41.8 Å². The summed E-state index contributed by atoms with van der Waals surface area (Å²) in [5.41, 5.74) is 0.748. The predicted molar refractivity (Wildman–Crippen MR) is 87.6 cm³/mol. The van der Waals surface area contributed by atoms with E-state index in [1.165, 1.54) is 11.3 Å². The van der Waals surface area contributed by atoms with Crippen LogP contribution in [0.5, 0.6) is 0 Å². The van der Waals surface area contributed by atoms with Crippen LogP contribution in [0.4, 0.5) is 0 Å². The third-order valence-corrected chi connectivity index (χ3v) is 4.15. The number of carbonyl (C=O) groups is 1. The Morgan fingerprint density at radius 3 is 2.73 bits per heavy atom. The molecular weight excluding hydrogens is 298 g/mol. The van der Waals surface area contributed by atoms with Gasteiger partial charge in [-0.25, -0.2) is 0 Å². The van der Waals surface area contributed by atoms with Gasteiger partial charge in [0.05, 0.1) is 13.2 Å². The molecule has 1 heterocycles. The van der Waals surface area contributed by atoms with E-state index < -0.39 is 11.7 Å². The van der Waals surface area contributed by atoms with E-state index in [2.05, 4.69) is 5.32 Å². The number of nitrogens with one attached hydrogen (secondary N) is 1. The smallest absolute Gasteiger partial charge is 0.248 e. The summed E-state index contributed by atoms with van der Waals surface area (Å²) in [7, 11) is 0. The summed E-state index contributed by atoms with van der Waals surface area (Å²) in [5.74, 6) is -0.230. The molecule has 0 radical (unpaired) electrons. The van der Waals surface area contributed by atoms with Crippen molar-refractivity contribution in [2.75, 3.05) is 6.54 Å². The monoisotopic (exact) mass is 319 g/mol. The number of aliphatic hydroxyl groups is 1. The zero-order chi connectivity index (χ0) is 16.0. The number of carbonyl (C=O) groups excluding carboxylic acids is 1. The molecule has 0 aliphatic heterocycles. The van der Waals surface area contributed by atoms with Crippen LogP contribution >= 0.6 is 11.3 Å². The maximum atomic E-state index is 12.0. The zero-order valence-electron chi connectivity index (χ0n) is 12.8. The summed E-state index contributed by atoms with van der Waals surface area (Å²) < 4.78 is 5.55. The number of ether oxygens (including phenoxy) is 1. The fourth-order valence-electron chi connectivity index (χ4n) is 1.95. The third kappa shape index (κ3) is 4.66. The Morgan fingerprint density at radius 1 is 1.36 bits per heavy atom. The molecule has 0 aliphatic carbocycles. The van der Waals surface area contributed by atoms with Gasteiger partial charge in [-0.15, -0.1) is 0 Å². The minimum atomic E-state index is -1.07. The first-order valence-corrected chi connectivity index (χ1v) is 8.11.